The Bertz CT molecular complexity index is 1150. The van der Waals surface area contributed by atoms with Gasteiger partial charge in [-0.25, -0.2) is 0 Å². The van der Waals surface area contributed by atoms with Crippen LogP contribution in [0.4, 0.5) is 0 Å². The van der Waals surface area contributed by atoms with E-state index in [-0.39, 0.29) is 34.1 Å². The van der Waals surface area contributed by atoms with Gasteiger partial charge in [0, 0.05) is 13.1 Å². The Hall–Kier alpha value is -3.03. The quantitative estimate of drug-likeness (QED) is 0.359. The first kappa shape index (κ1) is 25.6. The van der Waals surface area contributed by atoms with E-state index in [2.05, 4.69) is 0 Å². The molecule has 182 valence electrons. The molecule has 1 aliphatic heterocycles. The fourth-order valence-electron chi connectivity index (χ4n) is 3.96. The van der Waals surface area contributed by atoms with Crippen LogP contribution in [0.5, 0.6) is 11.5 Å². The van der Waals surface area contributed by atoms with Crippen molar-refractivity contribution in [1.29, 1.82) is 0 Å². The first-order valence-corrected chi connectivity index (χ1v) is 11.3. The molecule has 34 heavy (non-hydrogen) atoms. The number of nitrogens with zero attached hydrogens (tertiary/aromatic N) is 2. The van der Waals surface area contributed by atoms with E-state index < -0.39 is 17.7 Å². The third kappa shape index (κ3) is 4.91. The lowest BCUT2D eigenvalue weighted by molar-refractivity contribution is -0.140. The minimum Gasteiger partial charge on any atom is -0.507 e. The van der Waals surface area contributed by atoms with Crippen LogP contribution >= 0.6 is 11.6 Å². The molecule has 8 heteroatoms. The molecule has 3 rings (SSSR count). The molecule has 7 nitrogen and oxygen atoms in total. The lowest BCUT2D eigenvalue weighted by atomic mass is 9.85. The van der Waals surface area contributed by atoms with Gasteiger partial charge in [0.1, 0.15) is 17.3 Å². The van der Waals surface area contributed by atoms with Crippen LogP contribution in [0.25, 0.3) is 5.76 Å². The zero-order chi connectivity index (χ0) is 25.4. The molecule has 1 atom stereocenters. The molecule has 0 bridgehead atoms. The maximum atomic E-state index is 13.2. The van der Waals surface area contributed by atoms with Crippen molar-refractivity contribution < 1.29 is 24.5 Å². The Morgan fingerprint density at radius 3 is 2.38 bits per heavy atom. The summed E-state index contributed by atoms with van der Waals surface area (Å²) in [5, 5.41) is 21.5. The van der Waals surface area contributed by atoms with Gasteiger partial charge in [-0.2, -0.15) is 0 Å². The van der Waals surface area contributed by atoms with Crippen molar-refractivity contribution in [3.05, 3.63) is 63.7 Å². The lowest BCUT2D eigenvalue weighted by Crippen LogP contribution is -2.35. The van der Waals surface area contributed by atoms with Gasteiger partial charge in [-0.1, -0.05) is 44.5 Å². The number of methoxy groups -OCH3 is 1. The summed E-state index contributed by atoms with van der Waals surface area (Å²) in [4.78, 5) is 29.7. The van der Waals surface area contributed by atoms with Crippen LogP contribution in [0, 0.1) is 0 Å². The fourth-order valence-corrected chi connectivity index (χ4v) is 4.15. The van der Waals surface area contributed by atoms with Gasteiger partial charge in [-0.15, -0.1) is 0 Å². The summed E-state index contributed by atoms with van der Waals surface area (Å²) in [6, 6.07) is 9.06. The minimum absolute atomic E-state index is 0.0464. The number of ketones is 1. The highest BCUT2D eigenvalue weighted by molar-refractivity contribution is 6.46. The number of hydrogen-bond acceptors (Lipinski definition) is 6. The van der Waals surface area contributed by atoms with E-state index >= 15 is 0 Å². The number of ether oxygens (including phenoxy) is 1. The van der Waals surface area contributed by atoms with Gasteiger partial charge in [0.15, 0.2) is 0 Å². The Labute approximate surface area is 205 Å². The van der Waals surface area contributed by atoms with Gasteiger partial charge in [-0.05, 0) is 54.9 Å². The molecule has 1 heterocycles. The maximum absolute atomic E-state index is 13.2. The highest BCUT2D eigenvalue weighted by Crippen LogP contribution is 2.43. The summed E-state index contributed by atoms with van der Waals surface area (Å²) >= 11 is 6.16. The second kappa shape index (κ2) is 9.68. The van der Waals surface area contributed by atoms with Gasteiger partial charge < -0.3 is 24.7 Å². The standard InChI is InChI=1S/C26H31ClN2O5/c1-26(2,3)16-8-10-20(34-6)17(14-16)23(31)21-22(15-7-9-19(30)18(27)13-15)29(12-11-28(4)5)25(33)24(21)32/h7-10,13-14,22,30-31H,11-12H2,1-6H3/b23-21+. The van der Waals surface area contributed by atoms with E-state index in [4.69, 9.17) is 16.3 Å². The van der Waals surface area contributed by atoms with E-state index in [0.29, 0.717) is 23.4 Å². The van der Waals surface area contributed by atoms with Crippen LogP contribution in [0.15, 0.2) is 42.0 Å². The average Bonchev–Trinajstić information content (AvgIpc) is 3.02. The van der Waals surface area contributed by atoms with Gasteiger partial charge in [0.05, 0.1) is 29.3 Å². The molecule has 2 aromatic rings. The van der Waals surface area contributed by atoms with Crippen LogP contribution in [0.2, 0.25) is 5.02 Å². The molecule has 1 amide bonds. The molecule has 1 saturated heterocycles. The van der Waals surface area contributed by atoms with E-state index in [1.54, 1.807) is 18.2 Å². The zero-order valence-corrected chi connectivity index (χ0v) is 21.1. The number of rotatable bonds is 6. The summed E-state index contributed by atoms with van der Waals surface area (Å²) in [5.74, 6) is -1.54. The zero-order valence-electron chi connectivity index (χ0n) is 20.3. The first-order valence-electron chi connectivity index (χ1n) is 11.0. The Morgan fingerprint density at radius 2 is 1.82 bits per heavy atom. The van der Waals surface area contributed by atoms with Crippen LogP contribution in [-0.4, -0.2) is 66.0 Å². The topological polar surface area (TPSA) is 90.3 Å². The number of hydrogen-bond donors (Lipinski definition) is 2. The third-order valence-electron chi connectivity index (χ3n) is 5.94. The van der Waals surface area contributed by atoms with Gasteiger partial charge in [0.2, 0.25) is 0 Å². The average molecular weight is 487 g/mol. The van der Waals surface area contributed by atoms with E-state index in [1.165, 1.54) is 24.1 Å². The number of carbonyl (C=O) groups is 2. The summed E-state index contributed by atoms with van der Waals surface area (Å²) in [6.07, 6.45) is 0. The monoisotopic (exact) mass is 486 g/mol. The SMILES string of the molecule is COc1ccc(C(C)(C)C)cc1/C(O)=C1\C(=O)C(=O)N(CCN(C)C)C1c1ccc(O)c(Cl)c1. The number of halogens is 1. The number of amides is 1. The molecule has 1 fully saturated rings. The van der Waals surface area contributed by atoms with Gasteiger partial charge in [0.25, 0.3) is 11.7 Å². The fraction of sp³-hybridized carbons (Fsp3) is 0.385. The number of aliphatic hydroxyl groups excluding tert-OH is 1. The van der Waals surface area contributed by atoms with Crippen molar-refractivity contribution in [3.63, 3.8) is 0 Å². The molecule has 2 N–H and O–H groups in total. The number of benzene rings is 2. The second-order valence-electron chi connectivity index (χ2n) is 9.67. The molecule has 1 aliphatic rings. The number of Topliss-reactive ketones (excluding diaryl/α,β-unsaturated/α-hetero) is 1. The smallest absolute Gasteiger partial charge is 0.295 e. The molecule has 0 aromatic heterocycles. The molecular weight excluding hydrogens is 456 g/mol. The summed E-state index contributed by atoms with van der Waals surface area (Å²) in [5.41, 5.74) is 1.50. The molecule has 0 aliphatic carbocycles. The van der Waals surface area contributed by atoms with Crippen molar-refractivity contribution in [2.24, 2.45) is 0 Å². The summed E-state index contributed by atoms with van der Waals surface area (Å²) in [7, 11) is 5.22. The van der Waals surface area contributed by atoms with E-state index in [0.717, 1.165) is 5.56 Å². The predicted octanol–water partition coefficient (Wildman–Crippen LogP) is 4.34. The van der Waals surface area contributed by atoms with Crippen molar-refractivity contribution in [1.82, 2.24) is 9.80 Å². The van der Waals surface area contributed by atoms with Crippen molar-refractivity contribution in [2.45, 2.75) is 32.2 Å². The molecule has 0 spiro atoms. The largest absolute Gasteiger partial charge is 0.507 e. The van der Waals surface area contributed by atoms with E-state index in [1.807, 2.05) is 45.8 Å². The Balaban J connectivity index is 2.27. The molecular formula is C26H31ClN2O5. The number of phenolic OH excluding ortho intramolecular Hbond substituents is 1. The number of likely N-dealkylation sites (N-methyl/N-ethyl adjacent to an activating group) is 1. The summed E-state index contributed by atoms with van der Waals surface area (Å²) in [6.45, 7) is 6.89. The first-order chi connectivity index (χ1) is 15.9. The molecule has 1 unspecified atom stereocenters. The summed E-state index contributed by atoms with van der Waals surface area (Å²) < 4.78 is 5.47. The molecule has 0 radical (unpaired) electrons. The van der Waals surface area contributed by atoms with Crippen LogP contribution in [0.1, 0.15) is 43.5 Å². The highest BCUT2D eigenvalue weighted by Gasteiger charge is 2.46. The molecule has 0 saturated carbocycles. The number of phenols is 1. The van der Waals surface area contributed by atoms with Crippen LogP contribution in [0.3, 0.4) is 0 Å². The van der Waals surface area contributed by atoms with E-state index in [9.17, 15) is 19.8 Å². The lowest BCUT2D eigenvalue weighted by Gasteiger charge is -2.27. The number of likely N-dealkylation sites (tertiary alicyclic amines) is 1. The van der Waals surface area contributed by atoms with Crippen molar-refractivity contribution in [3.8, 4) is 11.5 Å². The van der Waals surface area contributed by atoms with Gasteiger partial charge in [-0.3, -0.25) is 9.59 Å². The number of aromatic hydroxyl groups is 1. The molecule has 2 aromatic carbocycles. The van der Waals surface area contributed by atoms with Crippen LogP contribution in [-0.2, 0) is 15.0 Å². The van der Waals surface area contributed by atoms with Crippen molar-refractivity contribution >= 4 is 29.1 Å². The Kier molecular flexibility index (Phi) is 7.29. The van der Waals surface area contributed by atoms with Gasteiger partial charge >= 0.3 is 0 Å². The van der Waals surface area contributed by atoms with Crippen molar-refractivity contribution in [2.75, 3.05) is 34.3 Å². The number of aliphatic hydroxyl groups is 1. The maximum Gasteiger partial charge on any atom is 0.295 e. The number of carbonyl (C=O) groups excluding carboxylic acids is 2. The minimum atomic E-state index is -0.874. The third-order valence-corrected chi connectivity index (χ3v) is 6.24. The van der Waals surface area contributed by atoms with Crippen LogP contribution < -0.4 is 4.74 Å². The Morgan fingerprint density at radius 1 is 1.15 bits per heavy atom. The normalized spacial score (nSPS) is 18.1. The highest BCUT2D eigenvalue weighted by atomic mass is 35.5. The second-order valence-corrected chi connectivity index (χ2v) is 10.1. The predicted molar refractivity (Wildman–Crippen MR) is 132 cm³/mol.